The molecule has 13 heteroatoms. The first kappa shape index (κ1) is 32.7. The Kier molecular flexibility index (Phi) is 11.6. The predicted molar refractivity (Wildman–Crippen MR) is 152 cm³/mol. The lowest BCUT2D eigenvalue weighted by atomic mass is 9.84. The van der Waals surface area contributed by atoms with Gasteiger partial charge in [-0.1, -0.05) is 51.1 Å². The number of aliphatic hydroxyl groups excluding tert-OH is 2. The molecule has 1 aliphatic heterocycles. The molecule has 1 aliphatic rings. The Balaban J connectivity index is 1.38. The van der Waals surface area contributed by atoms with Crippen LogP contribution in [-0.2, 0) is 19.1 Å². The Morgan fingerprint density at radius 1 is 1.07 bits per heavy atom. The van der Waals surface area contributed by atoms with Gasteiger partial charge in [0.15, 0.2) is 6.23 Å². The molecule has 5 N–H and O–H groups in total. The summed E-state index contributed by atoms with van der Waals surface area (Å²) in [6.45, 7) is 5.58. The van der Waals surface area contributed by atoms with Crippen LogP contribution in [0.4, 0.5) is 4.79 Å². The van der Waals surface area contributed by atoms with Crippen molar-refractivity contribution in [3.8, 4) is 0 Å². The molecule has 1 fully saturated rings. The number of carbonyl (C=O) groups is 3. The van der Waals surface area contributed by atoms with Gasteiger partial charge in [0, 0.05) is 31.6 Å². The second-order valence-electron chi connectivity index (χ2n) is 11.6. The number of alkyl carbamates (subject to hydrolysis) is 1. The number of ether oxygens (including phenoxy) is 2. The second kappa shape index (κ2) is 14.9. The third kappa shape index (κ3) is 9.93. The Labute approximate surface area is 243 Å². The smallest absolute Gasteiger partial charge is 0.407 e. The van der Waals surface area contributed by atoms with Crippen LogP contribution in [0.1, 0.15) is 64.2 Å². The first-order valence-corrected chi connectivity index (χ1v) is 13.9. The van der Waals surface area contributed by atoms with Crippen molar-refractivity contribution in [1.29, 1.82) is 0 Å². The van der Waals surface area contributed by atoms with Crippen molar-refractivity contribution in [2.75, 3.05) is 19.7 Å². The third-order valence-corrected chi connectivity index (χ3v) is 6.76. The van der Waals surface area contributed by atoms with Gasteiger partial charge < -0.3 is 30.3 Å². The molecule has 2 aromatic rings. The maximum Gasteiger partial charge on any atom is 0.407 e. The van der Waals surface area contributed by atoms with Crippen molar-refractivity contribution in [3.05, 3.63) is 69.0 Å². The molecule has 1 aromatic carbocycles. The number of amides is 2. The number of benzene rings is 1. The summed E-state index contributed by atoms with van der Waals surface area (Å²) in [5, 5.41) is 25.4. The number of H-pyrrole nitrogens is 1. The van der Waals surface area contributed by atoms with Gasteiger partial charge in [0.25, 0.3) is 5.56 Å². The maximum atomic E-state index is 12.6. The molecule has 0 saturated carbocycles. The van der Waals surface area contributed by atoms with E-state index in [1.54, 1.807) is 0 Å². The SMILES string of the molecule is CC(C)(C)CC(=O)CC(CCCOC(=O)NCC(=O)NCC1OC(n2ccc(=O)[nH]c2=O)C(O)C1O)c1ccccc1. The predicted octanol–water partition coefficient (Wildman–Crippen LogP) is 0.958. The summed E-state index contributed by atoms with van der Waals surface area (Å²) in [6.07, 6.45) is -2.80. The van der Waals surface area contributed by atoms with Gasteiger partial charge in [-0.05, 0) is 29.7 Å². The molecule has 13 nitrogen and oxygen atoms in total. The fraction of sp³-hybridized carbons (Fsp3) is 0.552. The molecule has 230 valence electrons. The third-order valence-electron chi connectivity index (χ3n) is 6.76. The summed E-state index contributed by atoms with van der Waals surface area (Å²) in [5.41, 5.74) is -0.485. The lowest BCUT2D eigenvalue weighted by molar-refractivity contribution is -0.122. The van der Waals surface area contributed by atoms with E-state index in [1.165, 1.54) is 0 Å². The van der Waals surface area contributed by atoms with Crippen molar-refractivity contribution in [3.63, 3.8) is 0 Å². The van der Waals surface area contributed by atoms with Crippen LogP contribution in [0.5, 0.6) is 0 Å². The van der Waals surface area contributed by atoms with Gasteiger partial charge in [0.05, 0.1) is 13.2 Å². The molecule has 2 amide bonds. The Hall–Kier alpha value is -3.81. The number of aromatic nitrogens is 2. The molecular weight excluding hydrogens is 548 g/mol. The van der Waals surface area contributed by atoms with Crippen LogP contribution in [-0.4, -0.2) is 75.6 Å². The monoisotopic (exact) mass is 588 g/mol. The minimum absolute atomic E-state index is 0.00701. The van der Waals surface area contributed by atoms with Crippen LogP contribution in [0.15, 0.2) is 52.2 Å². The van der Waals surface area contributed by atoms with Crippen LogP contribution in [0.2, 0.25) is 0 Å². The zero-order chi connectivity index (χ0) is 30.9. The molecule has 0 aliphatic carbocycles. The molecule has 0 radical (unpaired) electrons. The zero-order valence-corrected chi connectivity index (χ0v) is 24.1. The summed E-state index contributed by atoms with van der Waals surface area (Å²) in [6, 6.07) is 10.8. The first-order chi connectivity index (χ1) is 19.8. The number of aromatic amines is 1. The highest BCUT2D eigenvalue weighted by molar-refractivity contribution is 5.82. The Morgan fingerprint density at radius 3 is 2.45 bits per heavy atom. The Morgan fingerprint density at radius 2 is 1.79 bits per heavy atom. The molecule has 5 unspecified atom stereocenters. The van der Waals surface area contributed by atoms with Gasteiger partial charge in [-0.15, -0.1) is 0 Å². The highest BCUT2D eigenvalue weighted by Crippen LogP contribution is 2.29. The van der Waals surface area contributed by atoms with E-state index >= 15 is 0 Å². The average molecular weight is 589 g/mol. The van der Waals surface area contributed by atoms with E-state index < -0.39 is 54.3 Å². The van der Waals surface area contributed by atoms with Crippen LogP contribution < -0.4 is 21.9 Å². The van der Waals surface area contributed by atoms with Gasteiger partial charge >= 0.3 is 11.8 Å². The zero-order valence-electron chi connectivity index (χ0n) is 24.1. The quantitative estimate of drug-likeness (QED) is 0.212. The van der Waals surface area contributed by atoms with E-state index in [0.29, 0.717) is 25.7 Å². The Bertz CT molecular complexity index is 1320. The molecule has 0 bridgehead atoms. The molecule has 0 spiro atoms. The molecule has 1 aromatic heterocycles. The summed E-state index contributed by atoms with van der Waals surface area (Å²) in [5.74, 6) is -0.400. The van der Waals surface area contributed by atoms with Crippen molar-refractivity contribution >= 4 is 17.8 Å². The summed E-state index contributed by atoms with van der Waals surface area (Å²) < 4.78 is 11.6. The van der Waals surface area contributed by atoms with Gasteiger partial charge in [-0.3, -0.25) is 23.9 Å². The normalized spacial score (nSPS) is 21.0. The van der Waals surface area contributed by atoms with Crippen molar-refractivity contribution < 1.29 is 34.1 Å². The molecule has 1 saturated heterocycles. The molecule has 2 heterocycles. The highest BCUT2D eigenvalue weighted by Gasteiger charge is 2.44. The van der Waals surface area contributed by atoms with Crippen LogP contribution in [0.3, 0.4) is 0 Å². The van der Waals surface area contributed by atoms with Crippen LogP contribution >= 0.6 is 0 Å². The number of hydrogen-bond acceptors (Lipinski definition) is 9. The van der Waals surface area contributed by atoms with Crippen LogP contribution in [0, 0.1) is 5.41 Å². The number of hydrogen-bond donors (Lipinski definition) is 5. The van der Waals surface area contributed by atoms with Gasteiger partial charge in [0.1, 0.15) is 24.1 Å². The van der Waals surface area contributed by atoms with Crippen LogP contribution in [0.25, 0.3) is 0 Å². The van der Waals surface area contributed by atoms with E-state index in [4.69, 9.17) is 9.47 Å². The number of rotatable bonds is 13. The second-order valence-corrected chi connectivity index (χ2v) is 11.6. The van der Waals surface area contributed by atoms with Crippen molar-refractivity contribution in [2.24, 2.45) is 5.41 Å². The lowest BCUT2D eigenvalue weighted by Gasteiger charge is -2.21. The van der Waals surface area contributed by atoms with E-state index in [2.05, 4.69) is 10.6 Å². The van der Waals surface area contributed by atoms with E-state index in [1.807, 2.05) is 56.1 Å². The maximum absolute atomic E-state index is 12.6. The van der Waals surface area contributed by atoms with E-state index in [9.17, 15) is 34.2 Å². The largest absolute Gasteiger partial charge is 0.450 e. The topological polar surface area (TPSA) is 189 Å². The number of ketones is 1. The molecular formula is C29H40N4O9. The fourth-order valence-corrected chi connectivity index (χ4v) is 4.78. The van der Waals surface area contributed by atoms with Crippen molar-refractivity contribution in [1.82, 2.24) is 20.2 Å². The fourth-order valence-electron chi connectivity index (χ4n) is 4.78. The number of aliphatic hydroxyl groups is 2. The van der Waals surface area contributed by atoms with Gasteiger partial charge in [-0.2, -0.15) is 0 Å². The average Bonchev–Trinajstić information content (AvgIpc) is 3.20. The number of carbonyl (C=O) groups excluding carboxylic acids is 3. The first-order valence-electron chi connectivity index (χ1n) is 13.9. The highest BCUT2D eigenvalue weighted by atomic mass is 16.6. The van der Waals surface area contributed by atoms with Gasteiger partial charge in [0.2, 0.25) is 5.91 Å². The number of nitrogens with zero attached hydrogens (tertiary/aromatic N) is 1. The molecule has 42 heavy (non-hydrogen) atoms. The van der Waals surface area contributed by atoms with Gasteiger partial charge in [-0.25, -0.2) is 9.59 Å². The summed E-state index contributed by atoms with van der Waals surface area (Å²) >= 11 is 0. The number of Topliss-reactive ketones (excluding diaryl/α,β-unsaturated/α-hetero) is 1. The minimum Gasteiger partial charge on any atom is -0.450 e. The minimum atomic E-state index is -1.48. The number of nitrogens with one attached hydrogen (secondary N) is 3. The van der Waals surface area contributed by atoms with E-state index in [0.717, 1.165) is 22.4 Å². The van der Waals surface area contributed by atoms with E-state index in [-0.39, 0.29) is 30.3 Å². The standard InChI is InChI=1S/C29H40N4O9/c1-29(2,3)15-20(34)14-19(18-8-5-4-6-9-18)10-7-13-41-28(40)31-17-23(36)30-16-21-24(37)25(38)26(42-21)33-12-11-22(35)32-27(33)39/h4-6,8-9,11-12,19,21,24-26,37-38H,7,10,13-17H2,1-3H3,(H,30,36)(H,31,40)(H,32,35,39). The summed E-state index contributed by atoms with van der Waals surface area (Å²) in [4.78, 5) is 62.2. The van der Waals surface area contributed by atoms with Crippen molar-refractivity contribution in [2.45, 2.75) is 76.9 Å². The molecule has 5 atom stereocenters. The lowest BCUT2D eigenvalue weighted by Crippen LogP contribution is -2.43. The summed E-state index contributed by atoms with van der Waals surface area (Å²) in [7, 11) is 0. The molecule has 3 rings (SSSR count).